The molecule has 1 saturated heterocycles. The summed E-state index contributed by atoms with van der Waals surface area (Å²) >= 11 is 0. The van der Waals surface area contributed by atoms with Crippen LogP contribution < -0.4 is 10.6 Å². The van der Waals surface area contributed by atoms with Crippen LogP contribution in [0, 0.1) is 6.92 Å². The van der Waals surface area contributed by atoms with Crippen LogP contribution in [-0.2, 0) is 19.7 Å². The van der Waals surface area contributed by atoms with Crippen molar-refractivity contribution in [2.45, 2.75) is 26.2 Å². The second-order valence-electron chi connectivity index (χ2n) is 6.99. The monoisotopic (exact) mass is 353 g/mol. The van der Waals surface area contributed by atoms with Crippen molar-refractivity contribution in [2.75, 3.05) is 24.7 Å². The molecule has 6 nitrogen and oxygen atoms in total. The largest absolute Gasteiger partial charge is 0.370 e. The molecule has 1 aliphatic heterocycles. The molecule has 2 amide bonds. The highest BCUT2D eigenvalue weighted by molar-refractivity contribution is 5.95. The molecule has 1 aromatic carbocycles. The van der Waals surface area contributed by atoms with Crippen LogP contribution >= 0.6 is 0 Å². The number of nitrogens with zero attached hydrogens (tertiary/aromatic N) is 2. The topological polar surface area (TPSA) is 85.5 Å². The Hall–Kier alpha value is -2.73. The molecule has 0 saturated carbocycles. The van der Waals surface area contributed by atoms with Gasteiger partial charge in [0, 0.05) is 6.20 Å². The van der Waals surface area contributed by atoms with Gasteiger partial charge in [0.25, 0.3) is 5.91 Å². The summed E-state index contributed by atoms with van der Waals surface area (Å²) in [7, 11) is 0. The Morgan fingerprint density at radius 3 is 2.65 bits per heavy atom. The smallest absolute Gasteiger partial charge is 0.254 e. The third kappa shape index (κ3) is 3.20. The van der Waals surface area contributed by atoms with Crippen molar-refractivity contribution in [3.05, 3.63) is 47.7 Å². The lowest BCUT2D eigenvalue weighted by Crippen LogP contribution is -2.42. The summed E-state index contributed by atoms with van der Waals surface area (Å²) in [6.45, 7) is 6.56. The number of hydrogen-bond acceptors (Lipinski definition) is 4. The molecule has 0 bridgehead atoms. The van der Waals surface area contributed by atoms with E-state index in [-0.39, 0.29) is 12.5 Å². The van der Waals surface area contributed by atoms with Gasteiger partial charge in [-0.25, -0.2) is 4.98 Å². The number of rotatable bonds is 4. The second-order valence-corrected chi connectivity index (χ2v) is 6.99. The van der Waals surface area contributed by atoms with E-state index in [2.05, 4.69) is 4.98 Å². The number of amides is 2. The standard InChI is InChI=1S/C20H23N3O3/c1-13-6-4-5-7-14(13)15-10-17(23-8-9-26-12-18(23)24)22-11-16(15)20(2,3)19(21)25/h4-7,10-11H,8-9,12H2,1-3H3,(H2,21,25). The molecule has 6 heteroatoms. The van der Waals surface area contributed by atoms with E-state index in [0.29, 0.717) is 19.0 Å². The number of carbonyl (C=O) groups is 2. The minimum atomic E-state index is -0.891. The van der Waals surface area contributed by atoms with Crippen LogP contribution in [0.4, 0.5) is 5.82 Å². The number of benzene rings is 1. The Kier molecular flexibility index (Phi) is 4.78. The highest BCUT2D eigenvalue weighted by atomic mass is 16.5. The number of morpholine rings is 1. The van der Waals surface area contributed by atoms with E-state index in [9.17, 15) is 9.59 Å². The Morgan fingerprint density at radius 2 is 2.00 bits per heavy atom. The molecule has 2 N–H and O–H groups in total. The minimum Gasteiger partial charge on any atom is -0.370 e. The summed E-state index contributed by atoms with van der Waals surface area (Å²) in [4.78, 5) is 30.3. The molecule has 26 heavy (non-hydrogen) atoms. The first-order valence-corrected chi connectivity index (χ1v) is 8.57. The highest BCUT2D eigenvalue weighted by Gasteiger charge is 2.32. The summed E-state index contributed by atoms with van der Waals surface area (Å²) in [6.07, 6.45) is 1.66. The minimum absolute atomic E-state index is 0.0515. The normalized spacial score (nSPS) is 15.2. The van der Waals surface area contributed by atoms with E-state index in [0.717, 1.165) is 22.3 Å². The van der Waals surface area contributed by atoms with Crippen molar-refractivity contribution in [2.24, 2.45) is 5.73 Å². The van der Waals surface area contributed by atoms with Gasteiger partial charge in [-0.15, -0.1) is 0 Å². The Labute approximate surface area is 153 Å². The van der Waals surface area contributed by atoms with Crippen LogP contribution in [0.25, 0.3) is 11.1 Å². The lowest BCUT2D eigenvalue weighted by molar-refractivity contribution is -0.126. The molecule has 3 rings (SSSR count). The fourth-order valence-electron chi connectivity index (χ4n) is 3.08. The number of aromatic nitrogens is 1. The van der Waals surface area contributed by atoms with Crippen molar-refractivity contribution < 1.29 is 14.3 Å². The summed E-state index contributed by atoms with van der Waals surface area (Å²) in [6, 6.07) is 9.78. The molecule has 1 fully saturated rings. The maximum Gasteiger partial charge on any atom is 0.254 e. The number of ether oxygens (including phenoxy) is 1. The van der Waals surface area contributed by atoms with Crippen molar-refractivity contribution in [3.8, 4) is 11.1 Å². The molecule has 0 spiro atoms. The molecule has 136 valence electrons. The van der Waals surface area contributed by atoms with Crippen molar-refractivity contribution in [1.29, 1.82) is 0 Å². The van der Waals surface area contributed by atoms with Crippen molar-refractivity contribution >= 4 is 17.6 Å². The van der Waals surface area contributed by atoms with E-state index >= 15 is 0 Å². The number of primary amides is 1. The van der Waals surface area contributed by atoms with Gasteiger partial charge in [0.15, 0.2) is 0 Å². The molecule has 0 radical (unpaired) electrons. The van der Waals surface area contributed by atoms with Gasteiger partial charge in [0.1, 0.15) is 12.4 Å². The number of hydrogen-bond donors (Lipinski definition) is 1. The third-order valence-electron chi connectivity index (χ3n) is 4.88. The number of anilines is 1. The zero-order valence-electron chi connectivity index (χ0n) is 15.3. The van der Waals surface area contributed by atoms with E-state index in [1.807, 2.05) is 37.3 Å². The van der Waals surface area contributed by atoms with Crippen LogP contribution in [-0.4, -0.2) is 36.6 Å². The molecular formula is C20H23N3O3. The highest BCUT2D eigenvalue weighted by Crippen LogP contribution is 2.36. The summed E-state index contributed by atoms with van der Waals surface area (Å²) in [5.41, 5.74) is 8.41. The molecule has 2 aromatic rings. The second kappa shape index (κ2) is 6.88. The summed E-state index contributed by atoms with van der Waals surface area (Å²) < 4.78 is 5.20. The SMILES string of the molecule is Cc1ccccc1-c1cc(N2CCOCC2=O)ncc1C(C)(C)C(N)=O. The Balaban J connectivity index is 2.19. The number of carbonyl (C=O) groups excluding carboxylic acids is 2. The van der Waals surface area contributed by atoms with Gasteiger partial charge < -0.3 is 10.5 Å². The van der Waals surface area contributed by atoms with E-state index in [1.54, 1.807) is 24.9 Å². The molecule has 0 atom stereocenters. The van der Waals surface area contributed by atoms with Gasteiger partial charge in [-0.2, -0.15) is 0 Å². The van der Waals surface area contributed by atoms with Crippen LogP contribution in [0.15, 0.2) is 36.5 Å². The fraction of sp³-hybridized carbons (Fsp3) is 0.350. The number of pyridine rings is 1. The molecule has 1 aliphatic rings. The first-order valence-electron chi connectivity index (χ1n) is 8.57. The quantitative estimate of drug-likeness (QED) is 0.913. The molecule has 2 heterocycles. The molecule has 0 unspecified atom stereocenters. The van der Waals surface area contributed by atoms with Crippen LogP contribution in [0.1, 0.15) is 25.0 Å². The number of aryl methyl sites for hydroxylation is 1. The van der Waals surface area contributed by atoms with Gasteiger partial charge in [-0.1, -0.05) is 24.3 Å². The van der Waals surface area contributed by atoms with Gasteiger partial charge in [-0.05, 0) is 49.1 Å². The maximum atomic E-state index is 12.2. The Bertz CT molecular complexity index is 861. The maximum absolute atomic E-state index is 12.2. The van der Waals surface area contributed by atoms with Gasteiger partial charge in [0.05, 0.1) is 18.6 Å². The summed E-state index contributed by atoms with van der Waals surface area (Å²) in [5, 5.41) is 0. The predicted molar refractivity (Wildman–Crippen MR) is 99.8 cm³/mol. The van der Waals surface area contributed by atoms with Crippen molar-refractivity contribution in [1.82, 2.24) is 4.98 Å². The lowest BCUT2D eigenvalue weighted by Gasteiger charge is -2.29. The first kappa shape index (κ1) is 18.1. The average molecular weight is 353 g/mol. The van der Waals surface area contributed by atoms with E-state index < -0.39 is 11.3 Å². The predicted octanol–water partition coefficient (Wildman–Crippen LogP) is 2.18. The Morgan fingerprint density at radius 1 is 1.27 bits per heavy atom. The van der Waals surface area contributed by atoms with Crippen LogP contribution in [0.2, 0.25) is 0 Å². The van der Waals surface area contributed by atoms with E-state index in [1.165, 1.54) is 0 Å². The van der Waals surface area contributed by atoms with Crippen LogP contribution in [0.5, 0.6) is 0 Å². The fourth-order valence-corrected chi connectivity index (χ4v) is 3.08. The summed E-state index contributed by atoms with van der Waals surface area (Å²) in [5.74, 6) is 0.00583. The lowest BCUT2D eigenvalue weighted by atomic mass is 9.80. The third-order valence-corrected chi connectivity index (χ3v) is 4.88. The molecule has 1 aromatic heterocycles. The molecule has 0 aliphatic carbocycles. The average Bonchev–Trinajstić information content (AvgIpc) is 2.62. The molecular weight excluding hydrogens is 330 g/mol. The van der Waals surface area contributed by atoms with Crippen molar-refractivity contribution in [3.63, 3.8) is 0 Å². The zero-order valence-corrected chi connectivity index (χ0v) is 15.3. The van der Waals surface area contributed by atoms with Gasteiger partial charge in [0.2, 0.25) is 5.91 Å². The number of nitrogens with two attached hydrogens (primary N) is 1. The zero-order chi connectivity index (χ0) is 18.9. The van der Waals surface area contributed by atoms with E-state index in [4.69, 9.17) is 10.5 Å². The van der Waals surface area contributed by atoms with Gasteiger partial charge in [-0.3, -0.25) is 14.5 Å². The van der Waals surface area contributed by atoms with Gasteiger partial charge >= 0.3 is 0 Å². The first-order chi connectivity index (χ1) is 12.3. The van der Waals surface area contributed by atoms with Crippen LogP contribution in [0.3, 0.4) is 0 Å².